The second kappa shape index (κ2) is 17.7. The number of thioether (sulfide) groups is 1. The van der Waals surface area contributed by atoms with Crippen LogP contribution in [-0.2, 0) is 9.59 Å². The lowest BCUT2D eigenvalue weighted by atomic mass is 10.1. The molecular formula is C43H34N4O5S2. The van der Waals surface area contributed by atoms with Crippen LogP contribution >= 0.6 is 23.1 Å². The van der Waals surface area contributed by atoms with Gasteiger partial charge in [-0.1, -0.05) is 91.0 Å². The van der Waals surface area contributed by atoms with Crippen molar-refractivity contribution in [1.29, 1.82) is 5.26 Å². The van der Waals surface area contributed by atoms with Crippen molar-refractivity contribution in [2.75, 3.05) is 24.9 Å². The van der Waals surface area contributed by atoms with Crippen molar-refractivity contribution in [2.45, 2.75) is 10.1 Å². The molecule has 3 amide bonds. The minimum Gasteiger partial charge on any atom is -0.493 e. The first-order valence-electron chi connectivity index (χ1n) is 16.7. The lowest BCUT2D eigenvalue weighted by Gasteiger charge is -2.18. The number of thiophene rings is 1. The predicted octanol–water partition coefficient (Wildman–Crippen LogP) is 9.19. The Bertz CT molecular complexity index is 2340. The summed E-state index contributed by atoms with van der Waals surface area (Å²) in [5, 5.41) is 20.4. The van der Waals surface area contributed by atoms with Crippen molar-refractivity contribution in [3.63, 3.8) is 0 Å². The number of benzene rings is 5. The molecule has 5 aromatic carbocycles. The molecule has 1 aromatic heterocycles. The SMILES string of the molecule is COc1ccc(/C=C(/NC(=O)c2ccccc2)C(=O)Nc2cccc(SC(C(=O)Nc3scc(-c4ccccc4)c3C#N)c3ccccc3)c2)cc1OC. The van der Waals surface area contributed by atoms with Crippen LogP contribution in [0, 0.1) is 11.3 Å². The van der Waals surface area contributed by atoms with E-state index in [9.17, 15) is 19.6 Å². The lowest BCUT2D eigenvalue weighted by molar-refractivity contribution is -0.116. The van der Waals surface area contributed by atoms with Gasteiger partial charge in [-0.25, -0.2) is 0 Å². The molecule has 9 nitrogen and oxygen atoms in total. The Morgan fingerprint density at radius 2 is 1.46 bits per heavy atom. The standard InChI is InChI=1S/C43H34N4O5S2/c1-51-37-22-21-28(24-38(37)52-2)23-36(46-40(48)31-17-10-5-11-18-31)41(49)45-32-19-12-20-33(25-32)54-39(30-15-8-4-9-16-30)42(50)47-43-34(26-44)35(27-53-43)29-13-6-3-7-14-29/h3-25,27,39H,1-2H3,(H,45,49)(H,46,48)(H,47,50)/b36-23+. The predicted molar refractivity (Wildman–Crippen MR) is 215 cm³/mol. The topological polar surface area (TPSA) is 130 Å². The van der Waals surface area contributed by atoms with Crippen molar-refractivity contribution < 1.29 is 23.9 Å². The first kappa shape index (κ1) is 37.2. The molecule has 11 heteroatoms. The number of hydrogen-bond donors (Lipinski definition) is 3. The van der Waals surface area contributed by atoms with Crippen LogP contribution in [-0.4, -0.2) is 31.9 Å². The number of nitrogens with zero attached hydrogens (tertiary/aromatic N) is 1. The van der Waals surface area contributed by atoms with E-state index >= 15 is 0 Å². The molecule has 0 saturated carbocycles. The van der Waals surface area contributed by atoms with E-state index in [2.05, 4.69) is 22.0 Å². The molecule has 0 aliphatic rings. The molecule has 0 spiro atoms. The summed E-state index contributed by atoms with van der Waals surface area (Å²) in [5.74, 6) is -0.350. The number of methoxy groups -OCH3 is 2. The molecule has 1 unspecified atom stereocenters. The fraction of sp³-hybridized carbons (Fsp3) is 0.0698. The summed E-state index contributed by atoms with van der Waals surface area (Å²) in [7, 11) is 3.05. The third-order valence-corrected chi connectivity index (χ3v) is 10.3. The minimum absolute atomic E-state index is 0.00483. The fourth-order valence-electron chi connectivity index (χ4n) is 5.50. The van der Waals surface area contributed by atoms with Crippen LogP contribution in [0.25, 0.3) is 17.2 Å². The van der Waals surface area contributed by atoms with Crippen LogP contribution in [0.15, 0.2) is 149 Å². The smallest absolute Gasteiger partial charge is 0.272 e. The number of rotatable bonds is 13. The summed E-state index contributed by atoms with van der Waals surface area (Å²) in [4.78, 5) is 41.8. The van der Waals surface area contributed by atoms with Gasteiger partial charge in [0.2, 0.25) is 5.91 Å². The second-order valence-corrected chi connectivity index (χ2v) is 13.8. The van der Waals surface area contributed by atoms with Crippen LogP contribution in [0.3, 0.4) is 0 Å². The van der Waals surface area contributed by atoms with Crippen LogP contribution in [0.1, 0.15) is 32.3 Å². The van der Waals surface area contributed by atoms with E-state index in [0.29, 0.717) is 43.8 Å². The molecule has 6 rings (SSSR count). The van der Waals surface area contributed by atoms with Crippen LogP contribution in [0.2, 0.25) is 0 Å². The zero-order valence-electron chi connectivity index (χ0n) is 29.2. The molecule has 0 bridgehead atoms. The molecule has 0 aliphatic carbocycles. The van der Waals surface area contributed by atoms with Gasteiger partial charge in [0.15, 0.2) is 11.5 Å². The minimum atomic E-state index is -0.698. The monoisotopic (exact) mass is 750 g/mol. The zero-order chi connectivity index (χ0) is 37.9. The zero-order valence-corrected chi connectivity index (χ0v) is 30.9. The van der Waals surface area contributed by atoms with Crippen LogP contribution < -0.4 is 25.4 Å². The highest BCUT2D eigenvalue weighted by atomic mass is 32.2. The number of carbonyl (C=O) groups is 3. The molecule has 268 valence electrons. The first-order valence-corrected chi connectivity index (χ1v) is 18.4. The highest BCUT2D eigenvalue weighted by molar-refractivity contribution is 8.00. The van der Waals surface area contributed by atoms with Gasteiger partial charge in [0, 0.05) is 27.1 Å². The van der Waals surface area contributed by atoms with Gasteiger partial charge in [0.1, 0.15) is 22.0 Å². The Balaban J connectivity index is 1.25. The quantitative estimate of drug-likeness (QED) is 0.0793. The fourth-order valence-corrected chi connectivity index (χ4v) is 7.51. The van der Waals surface area contributed by atoms with Crippen LogP contribution in [0.5, 0.6) is 11.5 Å². The average Bonchev–Trinajstić information content (AvgIpc) is 3.62. The lowest BCUT2D eigenvalue weighted by Crippen LogP contribution is -2.30. The summed E-state index contributed by atoms with van der Waals surface area (Å²) in [5.41, 5.74) is 4.22. The Morgan fingerprint density at radius 1 is 0.778 bits per heavy atom. The van der Waals surface area contributed by atoms with Crippen molar-refractivity contribution in [2.24, 2.45) is 0 Å². The van der Waals surface area contributed by atoms with E-state index in [-0.39, 0.29) is 11.6 Å². The van der Waals surface area contributed by atoms with Gasteiger partial charge in [0.05, 0.1) is 19.8 Å². The maximum absolute atomic E-state index is 14.0. The van der Waals surface area contributed by atoms with Gasteiger partial charge in [-0.05, 0) is 65.2 Å². The Hall–Kier alpha value is -6.61. The maximum Gasteiger partial charge on any atom is 0.272 e. The maximum atomic E-state index is 14.0. The van der Waals surface area contributed by atoms with E-state index in [1.54, 1.807) is 72.8 Å². The normalized spacial score (nSPS) is 11.5. The van der Waals surface area contributed by atoms with Crippen LogP contribution in [0.4, 0.5) is 10.7 Å². The van der Waals surface area contributed by atoms with Gasteiger partial charge in [-0.3, -0.25) is 14.4 Å². The van der Waals surface area contributed by atoms with E-state index in [4.69, 9.17) is 9.47 Å². The Kier molecular flexibility index (Phi) is 12.2. The largest absolute Gasteiger partial charge is 0.493 e. The number of carbonyl (C=O) groups excluding carboxylic acids is 3. The average molecular weight is 751 g/mol. The van der Waals surface area contributed by atoms with Crippen molar-refractivity contribution in [1.82, 2.24) is 5.32 Å². The molecule has 1 atom stereocenters. The molecule has 0 fully saturated rings. The highest BCUT2D eigenvalue weighted by Gasteiger charge is 2.25. The van der Waals surface area contributed by atoms with Crippen molar-refractivity contribution >= 4 is 57.6 Å². The molecule has 1 heterocycles. The van der Waals surface area contributed by atoms with Gasteiger partial charge in [0.25, 0.3) is 11.8 Å². The summed E-state index contributed by atoms with van der Waals surface area (Å²) < 4.78 is 10.8. The van der Waals surface area contributed by atoms with E-state index in [1.165, 1.54) is 37.3 Å². The van der Waals surface area contributed by atoms with E-state index in [1.807, 2.05) is 72.1 Å². The summed E-state index contributed by atoms with van der Waals surface area (Å²) >= 11 is 2.60. The Labute approximate surface area is 321 Å². The molecule has 6 aromatic rings. The molecule has 0 radical (unpaired) electrons. The molecule has 0 aliphatic heterocycles. The van der Waals surface area contributed by atoms with Gasteiger partial charge in [-0.2, -0.15) is 5.26 Å². The van der Waals surface area contributed by atoms with Gasteiger partial charge >= 0.3 is 0 Å². The summed E-state index contributed by atoms with van der Waals surface area (Å²) in [6.45, 7) is 0. The van der Waals surface area contributed by atoms with Gasteiger partial charge < -0.3 is 25.4 Å². The van der Waals surface area contributed by atoms with Crippen molar-refractivity contribution in [3.8, 4) is 28.7 Å². The molecule has 3 N–H and O–H groups in total. The number of amides is 3. The molecular weight excluding hydrogens is 717 g/mol. The van der Waals surface area contributed by atoms with Crippen molar-refractivity contribution in [3.05, 3.63) is 167 Å². The van der Waals surface area contributed by atoms with Gasteiger partial charge in [-0.15, -0.1) is 23.1 Å². The number of hydrogen-bond acceptors (Lipinski definition) is 8. The summed E-state index contributed by atoms with van der Waals surface area (Å²) in [6.07, 6.45) is 1.55. The van der Waals surface area contributed by atoms with E-state index in [0.717, 1.165) is 16.7 Å². The molecule has 0 saturated heterocycles. The van der Waals surface area contributed by atoms with E-state index < -0.39 is 17.1 Å². The second-order valence-electron chi connectivity index (χ2n) is 11.7. The highest BCUT2D eigenvalue weighted by Crippen LogP contribution is 2.40. The summed E-state index contributed by atoms with van der Waals surface area (Å²) in [6, 6.07) is 42.0. The number of nitrogens with one attached hydrogen (secondary N) is 3. The Morgan fingerprint density at radius 3 is 2.15 bits per heavy atom. The third kappa shape index (κ3) is 9.05. The first-order chi connectivity index (χ1) is 26.4. The molecule has 54 heavy (non-hydrogen) atoms. The number of anilines is 2. The number of ether oxygens (including phenoxy) is 2. The number of nitriles is 1. The third-order valence-electron chi connectivity index (χ3n) is 8.16.